The largest absolute Gasteiger partial charge is 0.310 e. The molecule has 60 heavy (non-hydrogen) atoms. The second kappa shape index (κ2) is 14.9. The summed E-state index contributed by atoms with van der Waals surface area (Å²) < 4.78 is 0. The molecule has 1 heteroatoms. The first-order valence-corrected chi connectivity index (χ1v) is 20.8. The van der Waals surface area contributed by atoms with Crippen LogP contribution >= 0.6 is 0 Å². The summed E-state index contributed by atoms with van der Waals surface area (Å²) in [5, 5.41) is 2.52. The van der Waals surface area contributed by atoms with Gasteiger partial charge < -0.3 is 4.90 Å². The van der Waals surface area contributed by atoms with E-state index in [9.17, 15) is 0 Å². The van der Waals surface area contributed by atoms with Crippen molar-refractivity contribution in [2.75, 3.05) is 4.90 Å². The first-order chi connectivity index (χ1) is 29.8. The van der Waals surface area contributed by atoms with E-state index in [-0.39, 0.29) is 0 Å². The Morgan fingerprint density at radius 2 is 0.817 bits per heavy atom. The van der Waals surface area contributed by atoms with Gasteiger partial charge in [-0.15, -0.1) is 0 Å². The summed E-state index contributed by atoms with van der Waals surface area (Å²) in [7, 11) is 0. The third kappa shape index (κ3) is 5.86. The van der Waals surface area contributed by atoms with E-state index >= 15 is 0 Å². The van der Waals surface area contributed by atoms with Gasteiger partial charge in [0.2, 0.25) is 0 Å². The summed E-state index contributed by atoms with van der Waals surface area (Å²) >= 11 is 0. The lowest BCUT2D eigenvalue weighted by Crippen LogP contribution is -2.28. The Hall–Kier alpha value is -7.74. The summed E-state index contributed by atoms with van der Waals surface area (Å²) in [6, 6.07) is 91.0. The lowest BCUT2D eigenvalue weighted by atomic mass is 9.68. The van der Waals surface area contributed by atoms with Gasteiger partial charge in [0.25, 0.3) is 0 Å². The summed E-state index contributed by atoms with van der Waals surface area (Å²) in [5.41, 5.74) is 17.6. The lowest BCUT2D eigenvalue weighted by molar-refractivity contribution is 0.768. The molecule has 1 nitrogen and oxygen atoms in total. The van der Waals surface area contributed by atoms with Crippen LogP contribution in [0.5, 0.6) is 0 Å². The highest BCUT2D eigenvalue weighted by molar-refractivity contribution is 5.99. The van der Waals surface area contributed by atoms with Crippen molar-refractivity contribution in [1.82, 2.24) is 0 Å². The topological polar surface area (TPSA) is 3.24 Å². The van der Waals surface area contributed by atoms with Crippen LogP contribution in [0.3, 0.4) is 0 Å². The highest BCUT2D eigenvalue weighted by atomic mass is 15.1. The van der Waals surface area contributed by atoms with Crippen molar-refractivity contribution in [3.8, 4) is 44.5 Å². The Morgan fingerprint density at radius 3 is 1.58 bits per heavy atom. The molecule has 1 aliphatic rings. The highest BCUT2D eigenvalue weighted by Gasteiger charge is 2.47. The molecule has 0 saturated carbocycles. The maximum Gasteiger partial charge on any atom is 0.0714 e. The van der Waals surface area contributed by atoms with Gasteiger partial charge in [0.15, 0.2) is 0 Å². The van der Waals surface area contributed by atoms with Crippen LogP contribution in [0.1, 0.15) is 22.3 Å². The van der Waals surface area contributed by atoms with E-state index in [0.717, 1.165) is 17.1 Å². The number of fused-ring (bicyclic) bond motifs is 4. The SMILES string of the molecule is c1ccc(-c2cccc(N(c3ccc(-c4cccc(-c5cccc6ccccc56)c4)cc3)c3cccc4c3-c3ccccc3C4(c3ccccc3)c3ccccc3)c2)cc1. The van der Waals surface area contributed by atoms with E-state index in [0.29, 0.717) is 0 Å². The van der Waals surface area contributed by atoms with Crippen LogP contribution in [0.25, 0.3) is 55.3 Å². The molecule has 0 saturated heterocycles. The Labute approximate surface area is 352 Å². The average molecular weight is 764 g/mol. The van der Waals surface area contributed by atoms with Gasteiger partial charge in [0, 0.05) is 16.9 Å². The molecule has 0 aliphatic heterocycles. The molecular formula is C59H41N. The summed E-state index contributed by atoms with van der Waals surface area (Å²) in [4.78, 5) is 2.46. The summed E-state index contributed by atoms with van der Waals surface area (Å²) in [6.07, 6.45) is 0. The second-order valence-corrected chi connectivity index (χ2v) is 15.6. The third-order valence-corrected chi connectivity index (χ3v) is 12.3. The maximum absolute atomic E-state index is 2.46. The molecule has 0 aromatic heterocycles. The first kappa shape index (κ1) is 35.4. The Morgan fingerprint density at radius 1 is 0.300 bits per heavy atom. The third-order valence-electron chi connectivity index (χ3n) is 12.3. The van der Waals surface area contributed by atoms with Gasteiger partial charge in [0.05, 0.1) is 11.1 Å². The van der Waals surface area contributed by atoms with Gasteiger partial charge in [-0.05, 0) is 108 Å². The van der Waals surface area contributed by atoms with Crippen molar-refractivity contribution in [3.05, 3.63) is 271 Å². The maximum atomic E-state index is 2.46. The monoisotopic (exact) mass is 763 g/mol. The minimum Gasteiger partial charge on any atom is -0.310 e. The van der Waals surface area contributed by atoms with Crippen molar-refractivity contribution in [2.24, 2.45) is 0 Å². The standard InChI is InChI=1S/C59H41N/c1-4-18-42(19-5-1)46-23-15-29-51(41-46)60(50-38-36-43(37-39-50)45-22-14-24-47(40-45)53-32-16-21-44-20-10-11-30-52(44)53)57-35-17-34-56-58(57)54-31-12-13-33-55(54)59(56,48-25-6-2-7-26-48)49-27-8-3-9-28-49/h1-41H. The van der Waals surface area contributed by atoms with Crippen LogP contribution in [0, 0.1) is 0 Å². The molecule has 0 unspecified atom stereocenters. The van der Waals surface area contributed by atoms with Crippen LogP contribution < -0.4 is 4.90 Å². The van der Waals surface area contributed by atoms with Crippen molar-refractivity contribution in [1.29, 1.82) is 0 Å². The summed E-state index contributed by atoms with van der Waals surface area (Å²) in [6.45, 7) is 0. The molecule has 0 spiro atoms. The number of rotatable bonds is 8. The predicted molar refractivity (Wildman–Crippen MR) is 252 cm³/mol. The van der Waals surface area contributed by atoms with E-state index in [1.165, 1.54) is 77.5 Å². The van der Waals surface area contributed by atoms with Crippen LogP contribution in [0.4, 0.5) is 17.1 Å². The Bertz CT molecular complexity index is 3090. The molecule has 10 aromatic rings. The van der Waals surface area contributed by atoms with E-state index in [2.05, 4.69) is 254 Å². The first-order valence-electron chi connectivity index (χ1n) is 20.8. The average Bonchev–Trinajstić information content (AvgIpc) is 3.64. The normalized spacial score (nSPS) is 12.5. The molecule has 1 aliphatic carbocycles. The number of benzene rings is 10. The van der Waals surface area contributed by atoms with Gasteiger partial charge in [0.1, 0.15) is 0 Å². The number of nitrogens with zero attached hydrogens (tertiary/aromatic N) is 1. The minimum atomic E-state index is -0.499. The lowest BCUT2D eigenvalue weighted by Gasteiger charge is -2.34. The quantitative estimate of drug-likeness (QED) is 0.149. The van der Waals surface area contributed by atoms with Gasteiger partial charge in [-0.25, -0.2) is 0 Å². The van der Waals surface area contributed by atoms with Gasteiger partial charge >= 0.3 is 0 Å². The number of hydrogen-bond donors (Lipinski definition) is 0. The van der Waals surface area contributed by atoms with Gasteiger partial charge in [-0.1, -0.05) is 212 Å². The summed E-state index contributed by atoms with van der Waals surface area (Å²) in [5.74, 6) is 0. The molecule has 11 rings (SSSR count). The van der Waals surface area contributed by atoms with E-state index in [1.807, 2.05) is 0 Å². The Balaban J connectivity index is 1.10. The molecule has 0 radical (unpaired) electrons. The molecular weight excluding hydrogens is 723 g/mol. The Kier molecular flexibility index (Phi) is 8.79. The second-order valence-electron chi connectivity index (χ2n) is 15.6. The minimum absolute atomic E-state index is 0.499. The molecule has 282 valence electrons. The number of hydrogen-bond acceptors (Lipinski definition) is 1. The fourth-order valence-electron chi connectivity index (χ4n) is 9.69. The van der Waals surface area contributed by atoms with E-state index in [4.69, 9.17) is 0 Å². The zero-order chi connectivity index (χ0) is 39.9. The molecule has 0 bridgehead atoms. The highest BCUT2D eigenvalue weighted by Crippen LogP contribution is 2.59. The molecule has 0 atom stereocenters. The van der Waals surface area contributed by atoms with Crippen molar-refractivity contribution < 1.29 is 0 Å². The molecule has 0 amide bonds. The van der Waals surface area contributed by atoms with Gasteiger partial charge in [-0.2, -0.15) is 0 Å². The van der Waals surface area contributed by atoms with Crippen LogP contribution in [-0.2, 0) is 5.41 Å². The molecule has 0 heterocycles. The van der Waals surface area contributed by atoms with Crippen molar-refractivity contribution >= 4 is 27.8 Å². The fraction of sp³-hybridized carbons (Fsp3) is 0.0169. The zero-order valence-electron chi connectivity index (χ0n) is 33.1. The van der Waals surface area contributed by atoms with Crippen LogP contribution in [0.2, 0.25) is 0 Å². The van der Waals surface area contributed by atoms with Gasteiger partial charge in [-0.3, -0.25) is 0 Å². The van der Waals surface area contributed by atoms with Crippen molar-refractivity contribution in [2.45, 2.75) is 5.41 Å². The predicted octanol–water partition coefficient (Wildman–Crippen LogP) is 15.7. The van der Waals surface area contributed by atoms with Crippen LogP contribution in [0.15, 0.2) is 249 Å². The van der Waals surface area contributed by atoms with Crippen molar-refractivity contribution in [3.63, 3.8) is 0 Å². The molecule has 0 N–H and O–H groups in total. The smallest absolute Gasteiger partial charge is 0.0714 e. The molecule has 0 fully saturated rings. The fourth-order valence-corrected chi connectivity index (χ4v) is 9.69. The zero-order valence-corrected chi connectivity index (χ0v) is 33.1. The van der Waals surface area contributed by atoms with E-state index < -0.39 is 5.41 Å². The number of anilines is 3. The van der Waals surface area contributed by atoms with Crippen LogP contribution in [-0.4, -0.2) is 0 Å². The van der Waals surface area contributed by atoms with E-state index in [1.54, 1.807) is 0 Å². The molecule has 10 aromatic carbocycles.